The number of hydrogen-bond acceptors (Lipinski definition) is 3. The van der Waals surface area contributed by atoms with Crippen molar-refractivity contribution in [3.8, 4) is 0 Å². The van der Waals surface area contributed by atoms with E-state index in [9.17, 15) is 18.8 Å². The number of carbonyl (C=O) groups is 3. The van der Waals surface area contributed by atoms with Gasteiger partial charge in [0.1, 0.15) is 5.82 Å². The van der Waals surface area contributed by atoms with Crippen molar-refractivity contribution < 1.29 is 23.9 Å². The summed E-state index contributed by atoms with van der Waals surface area (Å²) in [5.41, 5.74) is 1.81. The molecular weight excluding hydrogens is 375 g/mol. The van der Waals surface area contributed by atoms with E-state index in [1.54, 1.807) is 24.3 Å². The topological polar surface area (TPSA) is 95.5 Å². The molecule has 1 fully saturated rings. The zero-order valence-electron chi connectivity index (χ0n) is 16.0. The molecule has 7 heteroatoms. The molecule has 0 aromatic heterocycles. The molecule has 3 atom stereocenters. The zero-order valence-corrected chi connectivity index (χ0v) is 16.0. The van der Waals surface area contributed by atoms with Crippen LogP contribution in [0.2, 0.25) is 0 Å². The monoisotopic (exact) mass is 398 g/mol. The fourth-order valence-corrected chi connectivity index (χ4v) is 3.52. The molecule has 2 amide bonds. The van der Waals surface area contributed by atoms with Gasteiger partial charge >= 0.3 is 5.97 Å². The lowest BCUT2D eigenvalue weighted by molar-refractivity contribution is -0.141. The van der Waals surface area contributed by atoms with Gasteiger partial charge in [0.05, 0.1) is 12.0 Å². The molecule has 0 spiro atoms. The second kappa shape index (κ2) is 8.86. The summed E-state index contributed by atoms with van der Waals surface area (Å²) in [6, 6.07) is 12.1. The summed E-state index contributed by atoms with van der Waals surface area (Å²) in [6.07, 6.45) is 1.50. The van der Waals surface area contributed by atoms with Gasteiger partial charge in [0.15, 0.2) is 0 Å². The van der Waals surface area contributed by atoms with Crippen LogP contribution in [-0.4, -0.2) is 22.9 Å². The third-order valence-corrected chi connectivity index (χ3v) is 5.29. The zero-order chi connectivity index (χ0) is 21.0. The summed E-state index contributed by atoms with van der Waals surface area (Å²) < 4.78 is 13.0. The average molecular weight is 398 g/mol. The van der Waals surface area contributed by atoms with Crippen LogP contribution >= 0.6 is 0 Å². The van der Waals surface area contributed by atoms with Crippen molar-refractivity contribution in [3.05, 3.63) is 65.5 Å². The summed E-state index contributed by atoms with van der Waals surface area (Å²) >= 11 is 0. The number of hydrogen-bond donors (Lipinski definition) is 3. The van der Waals surface area contributed by atoms with Crippen LogP contribution in [0.15, 0.2) is 48.5 Å². The third kappa shape index (κ3) is 5.19. The Balaban J connectivity index is 1.55. The van der Waals surface area contributed by atoms with E-state index in [0.717, 1.165) is 5.56 Å². The molecule has 1 aliphatic carbocycles. The lowest BCUT2D eigenvalue weighted by Gasteiger charge is -2.18. The van der Waals surface area contributed by atoms with E-state index in [1.165, 1.54) is 24.3 Å². The first-order valence-corrected chi connectivity index (χ1v) is 9.53. The minimum atomic E-state index is -0.841. The third-order valence-electron chi connectivity index (χ3n) is 5.29. The van der Waals surface area contributed by atoms with Crippen LogP contribution in [-0.2, 0) is 9.59 Å². The van der Waals surface area contributed by atoms with E-state index in [2.05, 4.69) is 10.6 Å². The van der Waals surface area contributed by atoms with E-state index in [0.29, 0.717) is 30.5 Å². The first kappa shape index (κ1) is 20.5. The maximum Gasteiger partial charge on any atom is 0.306 e. The van der Waals surface area contributed by atoms with E-state index >= 15 is 0 Å². The van der Waals surface area contributed by atoms with Crippen LogP contribution in [0.3, 0.4) is 0 Å². The highest BCUT2D eigenvalue weighted by Gasteiger charge is 2.34. The van der Waals surface area contributed by atoms with Crippen molar-refractivity contribution >= 4 is 23.5 Å². The van der Waals surface area contributed by atoms with E-state index in [1.807, 2.05) is 6.92 Å². The number of carboxylic acids is 1. The molecule has 3 rings (SSSR count). The van der Waals surface area contributed by atoms with Crippen LogP contribution in [0, 0.1) is 17.7 Å². The van der Waals surface area contributed by atoms with Gasteiger partial charge in [-0.3, -0.25) is 14.4 Å². The molecule has 0 bridgehead atoms. The van der Waals surface area contributed by atoms with Gasteiger partial charge in [-0.15, -0.1) is 0 Å². The summed E-state index contributed by atoms with van der Waals surface area (Å²) in [7, 11) is 0. The summed E-state index contributed by atoms with van der Waals surface area (Å²) in [6.45, 7) is 1.85. The minimum absolute atomic E-state index is 0.130. The Hall–Kier alpha value is -3.22. The second-order valence-electron chi connectivity index (χ2n) is 7.36. The van der Waals surface area contributed by atoms with Crippen molar-refractivity contribution in [1.29, 1.82) is 0 Å². The first-order chi connectivity index (χ1) is 13.8. The molecule has 1 aliphatic rings. The number of anilines is 1. The lowest BCUT2D eigenvalue weighted by atomic mass is 10.0. The molecule has 3 N–H and O–H groups in total. The maximum atomic E-state index is 13.0. The molecule has 6 nitrogen and oxygen atoms in total. The number of nitrogens with one attached hydrogen (secondary N) is 2. The number of halogens is 1. The second-order valence-corrected chi connectivity index (χ2v) is 7.36. The Bertz CT molecular complexity index is 896. The smallest absolute Gasteiger partial charge is 0.306 e. The molecule has 29 heavy (non-hydrogen) atoms. The van der Waals surface area contributed by atoms with Crippen LogP contribution in [0.5, 0.6) is 0 Å². The van der Waals surface area contributed by atoms with Crippen LogP contribution in [0.4, 0.5) is 10.1 Å². The molecule has 1 unspecified atom stereocenters. The van der Waals surface area contributed by atoms with Crippen molar-refractivity contribution in [3.63, 3.8) is 0 Å². The number of rotatable bonds is 6. The highest BCUT2D eigenvalue weighted by atomic mass is 19.1. The molecule has 0 radical (unpaired) electrons. The maximum absolute atomic E-state index is 13.0. The van der Waals surface area contributed by atoms with Crippen LogP contribution < -0.4 is 10.6 Å². The Morgan fingerprint density at radius 1 is 1.00 bits per heavy atom. The van der Waals surface area contributed by atoms with Gasteiger partial charge in [0.2, 0.25) is 5.91 Å². The standard InChI is InChI=1S/C22H23FN2O4/c1-13(24-21(27)16-2-3-17(12-16)22(28)29)14-6-10-19(11-7-14)25-20(26)15-4-8-18(23)9-5-15/h4-11,13,16-17H,2-3,12H2,1H3,(H,24,27)(H,25,26)(H,28,29)/t13?,16-,17+/m1/s1. The Morgan fingerprint density at radius 2 is 1.62 bits per heavy atom. The van der Waals surface area contributed by atoms with Gasteiger partial charge < -0.3 is 15.7 Å². The van der Waals surface area contributed by atoms with E-state index in [-0.39, 0.29) is 23.8 Å². The molecule has 0 heterocycles. The predicted octanol–water partition coefficient (Wildman–Crippen LogP) is 3.76. The number of aliphatic carboxylic acids is 1. The van der Waals surface area contributed by atoms with Crippen molar-refractivity contribution in [2.75, 3.05) is 5.32 Å². The largest absolute Gasteiger partial charge is 0.481 e. The molecule has 0 aliphatic heterocycles. The molecule has 2 aromatic carbocycles. The fraction of sp³-hybridized carbons (Fsp3) is 0.318. The van der Waals surface area contributed by atoms with Gasteiger partial charge in [-0.2, -0.15) is 0 Å². The lowest BCUT2D eigenvalue weighted by Crippen LogP contribution is -2.32. The highest BCUT2D eigenvalue weighted by Crippen LogP contribution is 2.31. The van der Waals surface area contributed by atoms with Crippen LogP contribution in [0.1, 0.15) is 48.1 Å². The van der Waals surface area contributed by atoms with Gasteiger partial charge in [-0.25, -0.2) is 4.39 Å². The number of amides is 2. The van der Waals surface area contributed by atoms with E-state index < -0.39 is 17.7 Å². The minimum Gasteiger partial charge on any atom is -0.481 e. The number of carboxylic acid groups (broad SMARTS) is 1. The predicted molar refractivity (Wildman–Crippen MR) is 106 cm³/mol. The van der Waals surface area contributed by atoms with Crippen molar-refractivity contribution in [1.82, 2.24) is 5.32 Å². The van der Waals surface area contributed by atoms with Gasteiger partial charge in [0.25, 0.3) is 5.91 Å². The van der Waals surface area contributed by atoms with Gasteiger partial charge in [-0.1, -0.05) is 12.1 Å². The number of benzene rings is 2. The van der Waals surface area contributed by atoms with E-state index in [4.69, 9.17) is 5.11 Å². The molecule has 2 aromatic rings. The van der Waals surface area contributed by atoms with Gasteiger partial charge in [-0.05, 0) is 68.1 Å². The normalized spacial score (nSPS) is 19.4. The molecule has 0 saturated heterocycles. The average Bonchev–Trinajstić information content (AvgIpc) is 3.20. The fourth-order valence-electron chi connectivity index (χ4n) is 3.52. The Morgan fingerprint density at radius 3 is 2.21 bits per heavy atom. The van der Waals surface area contributed by atoms with Crippen molar-refractivity contribution in [2.24, 2.45) is 11.8 Å². The summed E-state index contributed by atoms with van der Waals surface area (Å²) in [4.78, 5) is 35.6. The van der Waals surface area contributed by atoms with Crippen LogP contribution in [0.25, 0.3) is 0 Å². The quantitative estimate of drug-likeness (QED) is 0.690. The molecule has 152 valence electrons. The Labute approximate surface area is 168 Å². The van der Waals surface area contributed by atoms with Crippen molar-refractivity contribution in [2.45, 2.75) is 32.2 Å². The first-order valence-electron chi connectivity index (χ1n) is 9.53. The molecule has 1 saturated carbocycles. The van der Waals surface area contributed by atoms with Gasteiger partial charge in [0, 0.05) is 17.2 Å². The highest BCUT2D eigenvalue weighted by molar-refractivity contribution is 6.04. The Kier molecular flexibility index (Phi) is 6.26. The molecular formula is C22H23FN2O4. The SMILES string of the molecule is CC(NC(=O)[C@@H]1CC[C@H](C(=O)O)C1)c1ccc(NC(=O)c2ccc(F)cc2)cc1. The number of carbonyl (C=O) groups excluding carboxylic acids is 2. The summed E-state index contributed by atoms with van der Waals surface area (Å²) in [5.74, 6) is -2.43. The summed E-state index contributed by atoms with van der Waals surface area (Å²) in [5, 5.41) is 14.7.